The van der Waals surface area contributed by atoms with E-state index in [9.17, 15) is 14.4 Å². The Bertz CT molecular complexity index is 1400. The van der Waals surface area contributed by atoms with Gasteiger partial charge in [0, 0.05) is 31.0 Å². The molecule has 36 heavy (non-hydrogen) atoms. The molecule has 1 N–H and O–H groups in total. The summed E-state index contributed by atoms with van der Waals surface area (Å²) in [7, 11) is 0. The van der Waals surface area contributed by atoms with Gasteiger partial charge in [-0.15, -0.1) is 11.8 Å². The number of carbonyl (C=O) groups excluding carboxylic acids is 3. The van der Waals surface area contributed by atoms with Gasteiger partial charge in [-0.1, -0.05) is 59.2 Å². The van der Waals surface area contributed by atoms with E-state index < -0.39 is 5.37 Å². The van der Waals surface area contributed by atoms with Crippen molar-refractivity contribution in [2.45, 2.75) is 34.3 Å². The van der Waals surface area contributed by atoms with Crippen molar-refractivity contribution in [1.29, 1.82) is 0 Å². The number of hydrazine groups is 1. The first-order valence-electron chi connectivity index (χ1n) is 11.2. The van der Waals surface area contributed by atoms with Crippen LogP contribution in [-0.4, -0.2) is 34.4 Å². The van der Waals surface area contributed by atoms with E-state index >= 15 is 0 Å². The van der Waals surface area contributed by atoms with Gasteiger partial charge in [-0.2, -0.15) is 0 Å². The van der Waals surface area contributed by atoms with E-state index in [0.29, 0.717) is 21.3 Å². The van der Waals surface area contributed by atoms with Gasteiger partial charge in [0.2, 0.25) is 5.91 Å². The molecule has 0 bridgehead atoms. The molecule has 1 saturated heterocycles. The number of hydrogen-bond donors (Lipinski definition) is 1. The molecule has 1 fully saturated rings. The van der Waals surface area contributed by atoms with E-state index in [1.165, 1.54) is 23.7 Å². The van der Waals surface area contributed by atoms with Crippen molar-refractivity contribution >= 4 is 75.7 Å². The third-order valence-electron chi connectivity index (χ3n) is 5.96. The lowest BCUT2D eigenvalue weighted by molar-refractivity contribution is -0.133. The Labute approximate surface area is 227 Å². The summed E-state index contributed by atoms with van der Waals surface area (Å²) in [5.74, 6) is -0.482. The van der Waals surface area contributed by atoms with Crippen molar-refractivity contribution in [2.24, 2.45) is 0 Å². The van der Waals surface area contributed by atoms with E-state index in [2.05, 4.69) is 5.43 Å². The van der Waals surface area contributed by atoms with Gasteiger partial charge in [-0.25, -0.2) is 5.43 Å². The van der Waals surface area contributed by atoms with Crippen LogP contribution in [0.5, 0.6) is 0 Å². The molecule has 184 valence electrons. The number of rotatable bonds is 5. The van der Waals surface area contributed by atoms with Crippen molar-refractivity contribution in [3.8, 4) is 0 Å². The molecule has 10 heteroatoms. The number of carbonyl (C=O) groups is 3. The molecule has 3 aromatic rings. The van der Waals surface area contributed by atoms with Crippen molar-refractivity contribution in [1.82, 2.24) is 10.4 Å². The van der Waals surface area contributed by atoms with Crippen molar-refractivity contribution in [3.05, 3.63) is 81.8 Å². The molecule has 2 unspecified atom stereocenters. The number of para-hydroxylation sites is 1. The van der Waals surface area contributed by atoms with Crippen molar-refractivity contribution in [3.63, 3.8) is 0 Å². The average Bonchev–Trinajstić information content (AvgIpc) is 3.13. The van der Waals surface area contributed by atoms with Gasteiger partial charge in [0.15, 0.2) is 5.78 Å². The number of anilines is 2. The smallest absolute Gasteiger partial charge is 0.250 e. The van der Waals surface area contributed by atoms with Crippen LogP contribution in [0.1, 0.15) is 35.1 Å². The Morgan fingerprint density at radius 2 is 1.75 bits per heavy atom. The topological polar surface area (TPSA) is 69.7 Å². The van der Waals surface area contributed by atoms with Crippen LogP contribution in [0, 0.1) is 0 Å². The molecule has 0 aliphatic carbocycles. The van der Waals surface area contributed by atoms with E-state index in [4.69, 9.17) is 23.2 Å². The zero-order valence-corrected chi connectivity index (χ0v) is 22.5. The van der Waals surface area contributed by atoms with E-state index in [-0.39, 0.29) is 29.4 Å². The second-order valence-electron chi connectivity index (χ2n) is 8.38. The Morgan fingerprint density at radius 3 is 2.50 bits per heavy atom. The molecular weight excluding hydrogens is 537 g/mol. The molecule has 2 atom stereocenters. The minimum absolute atomic E-state index is 0.0801. The molecule has 6 nitrogen and oxygen atoms in total. The Kier molecular flexibility index (Phi) is 7.07. The molecule has 2 aliphatic rings. The molecule has 2 aliphatic heterocycles. The lowest BCUT2D eigenvalue weighted by Gasteiger charge is -2.32. The highest BCUT2D eigenvalue weighted by atomic mass is 35.5. The van der Waals surface area contributed by atoms with Gasteiger partial charge in [-0.3, -0.25) is 24.3 Å². The summed E-state index contributed by atoms with van der Waals surface area (Å²) in [5, 5.41) is 1.71. The highest BCUT2D eigenvalue weighted by Gasteiger charge is 2.40. The molecule has 5 rings (SSSR count). The van der Waals surface area contributed by atoms with Crippen LogP contribution in [0.4, 0.5) is 11.4 Å². The van der Waals surface area contributed by atoms with Gasteiger partial charge in [0.1, 0.15) is 5.37 Å². The van der Waals surface area contributed by atoms with Gasteiger partial charge in [-0.05, 0) is 50.2 Å². The summed E-state index contributed by atoms with van der Waals surface area (Å²) in [5.41, 5.74) is 5.69. The van der Waals surface area contributed by atoms with Gasteiger partial charge in [0.25, 0.3) is 5.91 Å². The van der Waals surface area contributed by atoms with Crippen LogP contribution in [0.15, 0.2) is 70.5 Å². The first kappa shape index (κ1) is 25.2. The van der Waals surface area contributed by atoms with Crippen molar-refractivity contribution in [2.75, 3.05) is 11.4 Å². The fourth-order valence-electron chi connectivity index (χ4n) is 4.17. The molecular formula is C26H21Cl2N3O3S2. The van der Waals surface area contributed by atoms with E-state index in [1.807, 2.05) is 37.3 Å². The standard InChI is InChI=1S/C26H21Cl2N3O3S2/c1-14(32)16-7-10-23-21(11-16)30(20-5-3-4-6-22(20)36-23)24(33)13-29-31-25(34)15(2)35-26(31)18-9-8-17(27)12-19(18)28/h3-12,15,26,29H,13H2,1-2H3. The lowest BCUT2D eigenvalue weighted by atomic mass is 10.1. The van der Waals surface area contributed by atoms with Crippen LogP contribution in [0.25, 0.3) is 0 Å². The van der Waals surface area contributed by atoms with Crippen molar-refractivity contribution < 1.29 is 14.4 Å². The molecule has 0 radical (unpaired) electrons. The number of halogens is 2. The first-order valence-corrected chi connectivity index (χ1v) is 13.7. The summed E-state index contributed by atoms with van der Waals surface area (Å²) < 4.78 is 0. The zero-order valence-electron chi connectivity index (χ0n) is 19.3. The van der Waals surface area contributed by atoms with Crippen LogP contribution in [0.2, 0.25) is 10.0 Å². The molecule has 3 aromatic carbocycles. The van der Waals surface area contributed by atoms with Crippen LogP contribution in [0.3, 0.4) is 0 Å². The second-order valence-corrected chi connectivity index (χ2v) is 11.7. The number of nitrogens with zero attached hydrogens (tertiary/aromatic N) is 2. The normalized spacial score (nSPS) is 18.7. The molecule has 0 aromatic heterocycles. The number of fused-ring (bicyclic) bond motifs is 2. The maximum atomic E-state index is 13.7. The number of ketones is 1. The fourth-order valence-corrected chi connectivity index (χ4v) is 7.06. The molecule has 2 amide bonds. The third kappa shape index (κ3) is 4.64. The van der Waals surface area contributed by atoms with Gasteiger partial charge < -0.3 is 0 Å². The fraction of sp³-hybridized carbons (Fsp3) is 0.192. The number of Topliss-reactive ketones (excluding diaryl/α,β-unsaturated/α-hetero) is 1. The minimum atomic E-state index is -0.411. The number of thioether (sulfide) groups is 1. The SMILES string of the molecule is CC(=O)c1ccc2c(c1)N(C(=O)CNN1C(=O)C(C)SC1c1ccc(Cl)cc1Cl)c1ccccc1S2. The minimum Gasteiger partial charge on any atom is -0.295 e. The maximum Gasteiger partial charge on any atom is 0.250 e. The summed E-state index contributed by atoms with van der Waals surface area (Å²) >= 11 is 15.5. The highest BCUT2D eigenvalue weighted by molar-refractivity contribution is 8.01. The molecule has 2 heterocycles. The Balaban J connectivity index is 1.44. The lowest BCUT2D eigenvalue weighted by Crippen LogP contribution is -2.47. The van der Waals surface area contributed by atoms with Gasteiger partial charge >= 0.3 is 0 Å². The highest BCUT2D eigenvalue weighted by Crippen LogP contribution is 2.49. The summed E-state index contributed by atoms with van der Waals surface area (Å²) in [6, 6.07) is 18.2. The largest absolute Gasteiger partial charge is 0.295 e. The van der Waals surface area contributed by atoms with E-state index in [1.54, 1.807) is 47.0 Å². The number of amides is 2. The Hall–Kier alpha value is -2.49. The maximum absolute atomic E-state index is 13.7. The predicted molar refractivity (Wildman–Crippen MR) is 145 cm³/mol. The third-order valence-corrected chi connectivity index (χ3v) is 8.99. The predicted octanol–water partition coefficient (Wildman–Crippen LogP) is 6.49. The van der Waals surface area contributed by atoms with Gasteiger partial charge in [0.05, 0.1) is 23.2 Å². The molecule has 0 spiro atoms. The van der Waals surface area contributed by atoms with Crippen LogP contribution < -0.4 is 10.3 Å². The first-order chi connectivity index (χ1) is 17.2. The number of hydrogen-bond acceptors (Lipinski definition) is 6. The zero-order chi connectivity index (χ0) is 25.6. The molecule has 0 saturated carbocycles. The van der Waals surface area contributed by atoms with Crippen LogP contribution >= 0.6 is 46.7 Å². The monoisotopic (exact) mass is 557 g/mol. The summed E-state index contributed by atoms with van der Waals surface area (Å²) in [6.07, 6.45) is 0. The van der Waals surface area contributed by atoms with E-state index in [0.717, 1.165) is 21.0 Å². The second kappa shape index (κ2) is 10.1. The number of benzene rings is 3. The average molecular weight is 559 g/mol. The number of nitrogens with one attached hydrogen (secondary N) is 1. The quantitative estimate of drug-likeness (QED) is 0.361. The van der Waals surface area contributed by atoms with Crippen LogP contribution in [-0.2, 0) is 9.59 Å². The summed E-state index contributed by atoms with van der Waals surface area (Å²) in [4.78, 5) is 42.1. The Morgan fingerprint density at radius 1 is 1.00 bits per heavy atom. The summed E-state index contributed by atoms with van der Waals surface area (Å²) in [6.45, 7) is 3.19.